The molecule has 0 radical (unpaired) electrons. The second-order valence-corrected chi connectivity index (χ2v) is 14.1. The molecule has 1 aromatic heterocycles. The van der Waals surface area contributed by atoms with E-state index in [-0.39, 0.29) is 5.92 Å². The van der Waals surface area contributed by atoms with E-state index in [1.165, 1.54) is 38.9 Å². The molecule has 1 atom stereocenters. The van der Waals surface area contributed by atoms with Gasteiger partial charge in [-0.25, -0.2) is 4.99 Å². The molecule has 4 nitrogen and oxygen atoms in total. The Hall–Kier alpha value is -6.52. The number of fused-ring (bicyclic) bond motifs is 3. The highest BCUT2D eigenvalue weighted by Gasteiger charge is 2.25. The van der Waals surface area contributed by atoms with E-state index in [1.54, 1.807) is 0 Å². The van der Waals surface area contributed by atoms with Crippen molar-refractivity contribution in [2.24, 2.45) is 15.7 Å². The largest absolute Gasteiger partial charge is 0.383 e. The lowest BCUT2D eigenvalue weighted by Crippen LogP contribution is -2.15. The number of nitrogens with two attached hydrogens (primary N) is 1. The summed E-state index contributed by atoms with van der Waals surface area (Å²) in [5.74, 6) is 1.25. The van der Waals surface area contributed by atoms with Crippen molar-refractivity contribution in [2.75, 3.05) is 0 Å². The van der Waals surface area contributed by atoms with E-state index < -0.39 is 0 Å². The molecule has 5 aromatic rings. The van der Waals surface area contributed by atoms with Crippen LogP contribution in [0.5, 0.6) is 0 Å². The van der Waals surface area contributed by atoms with Crippen LogP contribution in [0.2, 0.25) is 0 Å². The normalized spacial score (nSPS) is 16.5. The summed E-state index contributed by atoms with van der Waals surface area (Å²) in [6.07, 6.45) is 29.5. The zero-order valence-corrected chi connectivity index (χ0v) is 32.5. The lowest BCUT2D eigenvalue weighted by Gasteiger charge is -2.24. The Labute approximate surface area is 332 Å². The molecule has 2 aliphatic rings. The zero-order valence-electron chi connectivity index (χ0n) is 32.5. The second-order valence-electron chi connectivity index (χ2n) is 14.1. The monoisotopic (exact) mass is 730 g/mol. The van der Waals surface area contributed by atoms with Crippen LogP contribution >= 0.6 is 0 Å². The van der Waals surface area contributed by atoms with E-state index >= 15 is 0 Å². The van der Waals surface area contributed by atoms with Crippen molar-refractivity contribution < 1.29 is 0 Å². The number of rotatable bonds is 12. The van der Waals surface area contributed by atoms with E-state index in [0.717, 1.165) is 47.2 Å². The first kappa shape index (κ1) is 37.8. The van der Waals surface area contributed by atoms with Crippen LogP contribution in [-0.4, -0.2) is 16.2 Å². The molecule has 0 aliphatic heterocycles. The Morgan fingerprint density at radius 2 is 1.71 bits per heavy atom. The van der Waals surface area contributed by atoms with Gasteiger partial charge in [-0.15, -0.1) is 6.58 Å². The number of para-hydroxylation sites is 1. The molecule has 0 spiro atoms. The Morgan fingerprint density at radius 1 is 0.893 bits per heavy atom. The summed E-state index contributed by atoms with van der Waals surface area (Å²) in [6.45, 7) is 8.54. The van der Waals surface area contributed by atoms with Crippen molar-refractivity contribution in [1.29, 1.82) is 0 Å². The highest BCUT2D eigenvalue weighted by Crippen LogP contribution is 2.40. The number of aromatic nitrogens is 1. The van der Waals surface area contributed by atoms with Crippen molar-refractivity contribution in [3.8, 4) is 5.69 Å². The Balaban J connectivity index is 1.24. The molecule has 2 N–H and O–H groups in total. The molecule has 1 heterocycles. The van der Waals surface area contributed by atoms with Crippen molar-refractivity contribution in [2.45, 2.75) is 52.0 Å². The molecule has 278 valence electrons. The molecule has 0 saturated heterocycles. The number of aliphatic imine (C=N–C) groups is 2. The highest BCUT2D eigenvalue weighted by molar-refractivity contribution is 6.09. The second kappa shape index (κ2) is 18.2. The minimum atomic E-state index is 0.263. The fourth-order valence-electron chi connectivity index (χ4n) is 7.71. The van der Waals surface area contributed by atoms with Gasteiger partial charge in [-0.3, -0.25) is 4.99 Å². The third kappa shape index (κ3) is 8.56. The number of amidine groups is 2. The van der Waals surface area contributed by atoms with E-state index in [9.17, 15) is 0 Å². The van der Waals surface area contributed by atoms with Gasteiger partial charge in [0.2, 0.25) is 0 Å². The molecule has 56 heavy (non-hydrogen) atoms. The van der Waals surface area contributed by atoms with Crippen LogP contribution < -0.4 is 5.73 Å². The van der Waals surface area contributed by atoms with Crippen molar-refractivity contribution in [3.05, 3.63) is 216 Å². The predicted molar refractivity (Wildman–Crippen MR) is 241 cm³/mol. The van der Waals surface area contributed by atoms with Crippen LogP contribution in [-0.2, 0) is 13.0 Å². The van der Waals surface area contributed by atoms with Crippen molar-refractivity contribution in [1.82, 2.24) is 4.57 Å². The summed E-state index contributed by atoms with van der Waals surface area (Å²) in [4.78, 5) is 9.60. The molecule has 0 bridgehead atoms. The Kier molecular flexibility index (Phi) is 12.3. The molecule has 1 unspecified atom stereocenters. The van der Waals surface area contributed by atoms with Gasteiger partial charge in [0.05, 0.1) is 12.1 Å². The topological polar surface area (TPSA) is 55.7 Å². The number of allylic oxidation sites excluding steroid dienone is 11. The first-order chi connectivity index (χ1) is 27.6. The van der Waals surface area contributed by atoms with Crippen LogP contribution in [0.15, 0.2) is 192 Å². The molecular weight excluding hydrogens is 681 g/mol. The molecule has 0 saturated carbocycles. The van der Waals surface area contributed by atoms with E-state index in [0.29, 0.717) is 24.6 Å². The number of benzene rings is 4. The standard InChI is InChI=1S/C52H50N4/c1-4-19-39(6-3)52(53)55-51(54-37-38-21-9-7-10-22-38)32-18-25-40(20-5-2)42-26-17-27-44(35-42)56-49-31-16-15-30-47(49)48-34-33-43(36-50(48)56)46-29-14-13-28-45(46)41-23-11-8-12-24-41/h4-7,9-11,13-19,21-35,43H,2,8,12,20,36-37H2,1,3H3,(H2,53,54,55)/b19-4-,32-18+,39-6+,40-25+. The van der Waals surface area contributed by atoms with Gasteiger partial charge in [0.1, 0.15) is 11.7 Å². The smallest absolute Gasteiger partial charge is 0.149 e. The zero-order chi connectivity index (χ0) is 38.7. The van der Waals surface area contributed by atoms with Gasteiger partial charge >= 0.3 is 0 Å². The molecule has 4 aromatic carbocycles. The molecule has 0 amide bonds. The van der Waals surface area contributed by atoms with Crippen molar-refractivity contribution >= 4 is 39.8 Å². The van der Waals surface area contributed by atoms with Gasteiger partial charge in [0, 0.05) is 33.8 Å². The predicted octanol–water partition coefficient (Wildman–Crippen LogP) is 12.7. The highest BCUT2D eigenvalue weighted by atomic mass is 15.0. The maximum Gasteiger partial charge on any atom is 0.149 e. The van der Waals surface area contributed by atoms with Gasteiger partial charge in [0.25, 0.3) is 0 Å². The maximum atomic E-state index is 6.46. The third-order valence-electron chi connectivity index (χ3n) is 10.4. The minimum Gasteiger partial charge on any atom is -0.383 e. The number of hydrogen-bond donors (Lipinski definition) is 1. The Bertz CT molecular complexity index is 2490. The van der Waals surface area contributed by atoms with Crippen LogP contribution in [0.25, 0.3) is 33.8 Å². The summed E-state index contributed by atoms with van der Waals surface area (Å²) >= 11 is 0. The fraction of sp³-hybridized carbons (Fsp3) is 0.154. The molecule has 2 aliphatic carbocycles. The van der Waals surface area contributed by atoms with E-state index in [1.807, 2.05) is 68.5 Å². The summed E-state index contributed by atoms with van der Waals surface area (Å²) in [5.41, 5.74) is 19.8. The minimum absolute atomic E-state index is 0.263. The fourth-order valence-corrected chi connectivity index (χ4v) is 7.71. The first-order valence-electron chi connectivity index (χ1n) is 19.6. The summed E-state index contributed by atoms with van der Waals surface area (Å²) in [7, 11) is 0. The SMILES string of the molecule is C=CC/C(=C\C=C\C(=NCc1ccccc1)N=C(N)C(/C=C\C)=C/C)c1cccc(-n2c3c(c4ccccc42)C=CC(c2ccccc2C2=CCCC=C2)C3)c1. The molecule has 7 rings (SSSR count). The number of nitrogens with zero attached hydrogens (tertiary/aromatic N) is 3. The van der Waals surface area contributed by atoms with Crippen LogP contribution in [0.3, 0.4) is 0 Å². The molecular formula is C52H50N4. The Morgan fingerprint density at radius 3 is 2.52 bits per heavy atom. The lowest BCUT2D eigenvalue weighted by atomic mass is 9.83. The summed E-state index contributed by atoms with van der Waals surface area (Å²) < 4.78 is 2.48. The van der Waals surface area contributed by atoms with Gasteiger partial charge in [-0.2, -0.15) is 0 Å². The molecule has 0 fully saturated rings. The van der Waals surface area contributed by atoms with Crippen molar-refractivity contribution in [3.63, 3.8) is 0 Å². The van der Waals surface area contributed by atoms with E-state index in [2.05, 4.69) is 133 Å². The number of hydrogen-bond acceptors (Lipinski definition) is 1. The molecule has 4 heteroatoms. The van der Waals surface area contributed by atoms with Gasteiger partial charge in [-0.1, -0.05) is 152 Å². The summed E-state index contributed by atoms with van der Waals surface area (Å²) in [5, 5.41) is 1.27. The average molecular weight is 731 g/mol. The summed E-state index contributed by atoms with van der Waals surface area (Å²) in [6, 6.07) is 36.8. The van der Waals surface area contributed by atoms with Gasteiger partial charge < -0.3 is 10.3 Å². The van der Waals surface area contributed by atoms with Crippen LogP contribution in [0.4, 0.5) is 0 Å². The first-order valence-corrected chi connectivity index (χ1v) is 19.6. The van der Waals surface area contributed by atoms with E-state index in [4.69, 9.17) is 15.7 Å². The van der Waals surface area contributed by atoms with Gasteiger partial charge in [0.15, 0.2) is 0 Å². The van der Waals surface area contributed by atoms with Crippen LogP contribution in [0.1, 0.15) is 72.5 Å². The lowest BCUT2D eigenvalue weighted by molar-refractivity contribution is 0.781. The maximum absolute atomic E-state index is 6.46. The van der Waals surface area contributed by atoms with Crippen LogP contribution in [0, 0.1) is 0 Å². The quantitative estimate of drug-likeness (QED) is 0.0591. The average Bonchev–Trinajstić information content (AvgIpc) is 3.58. The van der Waals surface area contributed by atoms with Gasteiger partial charge in [-0.05, 0) is 97.2 Å². The third-order valence-corrected chi connectivity index (χ3v) is 10.4.